The lowest BCUT2D eigenvalue weighted by atomic mass is 9.90. The van der Waals surface area contributed by atoms with E-state index in [-0.39, 0.29) is 6.42 Å². The van der Waals surface area contributed by atoms with E-state index in [0.29, 0.717) is 6.42 Å². The second kappa shape index (κ2) is 3.06. The molecule has 4 heteroatoms. The van der Waals surface area contributed by atoms with Crippen molar-refractivity contribution in [3.05, 3.63) is 12.2 Å². The molecule has 0 aromatic carbocycles. The highest BCUT2D eigenvalue weighted by Crippen LogP contribution is 2.19. The summed E-state index contributed by atoms with van der Waals surface area (Å²) in [5, 5.41) is 9.50. The van der Waals surface area contributed by atoms with E-state index in [1.807, 2.05) is 0 Å². The minimum Gasteiger partial charge on any atom is -0.466 e. The Hall–Kier alpha value is -1.16. The van der Waals surface area contributed by atoms with Gasteiger partial charge in [-0.15, -0.1) is 0 Å². The Labute approximate surface area is 69.8 Å². The van der Waals surface area contributed by atoms with Crippen LogP contribution in [0.15, 0.2) is 12.2 Å². The molecule has 1 aliphatic rings. The molecule has 66 valence electrons. The molecule has 1 atom stereocenters. The average molecular weight is 170 g/mol. The van der Waals surface area contributed by atoms with Crippen molar-refractivity contribution in [2.45, 2.75) is 18.4 Å². The van der Waals surface area contributed by atoms with Crippen molar-refractivity contribution >= 4 is 11.8 Å². The monoisotopic (exact) mass is 170 g/mol. The van der Waals surface area contributed by atoms with Gasteiger partial charge in [0, 0.05) is 6.42 Å². The highest BCUT2D eigenvalue weighted by molar-refractivity contribution is 6.09. The SMILES string of the molecule is COC(=O)[C@@]1(O)C=CCCC1=O. The largest absolute Gasteiger partial charge is 0.466 e. The number of aliphatic hydroxyl groups is 1. The molecule has 0 aliphatic heterocycles. The van der Waals surface area contributed by atoms with Crippen LogP contribution in [-0.2, 0) is 14.3 Å². The van der Waals surface area contributed by atoms with Crippen LogP contribution >= 0.6 is 0 Å². The van der Waals surface area contributed by atoms with Crippen LogP contribution in [0, 0.1) is 0 Å². The number of carbonyl (C=O) groups is 2. The third kappa shape index (κ3) is 1.25. The summed E-state index contributed by atoms with van der Waals surface area (Å²) < 4.78 is 4.30. The molecule has 12 heavy (non-hydrogen) atoms. The zero-order valence-electron chi connectivity index (χ0n) is 6.74. The second-order valence-electron chi connectivity index (χ2n) is 2.62. The molecule has 0 fully saturated rings. The summed E-state index contributed by atoms with van der Waals surface area (Å²) in [5.41, 5.74) is -2.03. The number of hydrogen-bond acceptors (Lipinski definition) is 4. The van der Waals surface area contributed by atoms with Crippen molar-refractivity contribution in [3.8, 4) is 0 Å². The van der Waals surface area contributed by atoms with Crippen molar-refractivity contribution in [1.29, 1.82) is 0 Å². The van der Waals surface area contributed by atoms with E-state index in [1.54, 1.807) is 6.08 Å². The van der Waals surface area contributed by atoms with E-state index >= 15 is 0 Å². The van der Waals surface area contributed by atoms with Gasteiger partial charge in [-0.25, -0.2) is 4.79 Å². The number of ether oxygens (including phenoxy) is 1. The minimum atomic E-state index is -2.03. The summed E-state index contributed by atoms with van der Waals surface area (Å²) in [6.45, 7) is 0. The summed E-state index contributed by atoms with van der Waals surface area (Å²) in [6, 6.07) is 0. The number of hydrogen-bond donors (Lipinski definition) is 1. The number of Topliss-reactive ketones (excluding diaryl/α,β-unsaturated/α-hetero) is 1. The maximum atomic E-state index is 11.1. The van der Waals surface area contributed by atoms with Crippen molar-refractivity contribution in [1.82, 2.24) is 0 Å². The van der Waals surface area contributed by atoms with Crippen molar-refractivity contribution in [3.63, 3.8) is 0 Å². The lowest BCUT2D eigenvalue weighted by Gasteiger charge is -2.22. The van der Waals surface area contributed by atoms with Crippen LogP contribution in [-0.4, -0.2) is 29.6 Å². The molecule has 0 aromatic heterocycles. The van der Waals surface area contributed by atoms with Gasteiger partial charge < -0.3 is 9.84 Å². The molecule has 1 rings (SSSR count). The second-order valence-corrected chi connectivity index (χ2v) is 2.62. The van der Waals surface area contributed by atoms with Crippen LogP contribution in [0.25, 0.3) is 0 Å². The predicted molar refractivity (Wildman–Crippen MR) is 40.3 cm³/mol. The zero-order valence-corrected chi connectivity index (χ0v) is 6.74. The molecular weight excluding hydrogens is 160 g/mol. The molecular formula is C8H10O4. The summed E-state index contributed by atoms with van der Waals surface area (Å²) in [7, 11) is 1.13. The van der Waals surface area contributed by atoms with Gasteiger partial charge in [0.25, 0.3) is 0 Å². The van der Waals surface area contributed by atoms with Gasteiger partial charge in [-0.05, 0) is 12.5 Å². The van der Waals surface area contributed by atoms with Gasteiger partial charge >= 0.3 is 5.97 Å². The summed E-state index contributed by atoms with van der Waals surface area (Å²) >= 11 is 0. The fraction of sp³-hybridized carbons (Fsp3) is 0.500. The first-order valence-corrected chi connectivity index (χ1v) is 3.63. The van der Waals surface area contributed by atoms with Gasteiger partial charge in [0.2, 0.25) is 5.60 Å². The van der Waals surface area contributed by atoms with E-state index in [2.05, 4.69) is 4.74 Å². The van der Waals surface area contributed by atoms with Gasteiger partial charge in [-0.2, -0.15) is 0 Å². The Morgan fingerprint density at radius 2 is 2.42 bits per heavy atom. The number of esters is 1. The van der Waals surface area contributed by atoms with Crippen LogP contribution in [0.1, 0.15) is 12.8 Å². The van der Waals surface area contributed by atoms with Gasteiger partial charge in [-0.1, -0.05) is 6.08 Å². The van der Waals surface area contributed by atoms with Crippen molar-refractivity contribution in [2.24, 2.45) is 0 Å². The number of ketones is 1. The average Bonchev–Trinajstić information content (AvgIpc) is 2.09. The zero-order chi connectivity index (χ0) is 9.19. The lowest BCUT2D eigenvalue weighted by molar-refractivity contribution is -0.163. The topological polar surface area (TPSA) is 63.6 Å². The number of allylic oxidation sites excluding steroid dienone is 1. The number of carbonyl (C=O) groups excluding carboxylic acids is 2. The Kier molecular flexibility index (Phi) is 2.28. The maximum Gasteiger partial charge on any atom is 0.349 e. The van der Waals surface area contributed by atoms with Crippen LogP contribution in [0.4, 0.5) is 0 Å². The van der Waals surface area contributed by atoms with Crippen molar-refractivity contribution < 1.29 is 19.4 Å². The Balaban J connectivity index is 2.94. The molecule has 0 unspecified atom stereocenters. The van der Waals surface area contributed by atoms with E-state index in [9.17, 15) is 14.7 Å². The fourth-order valence-electron chi connectivity index (χ4n) is 1.09. The van der Waals surface area contributed by atoms with E-state index < -0.39 is 17.4 Å². The van der Waals surface area contributed by atoms with Gasteiger partial charge in [0.05, 0.1) is 7.11 Å². The molecule has 0 saturated heterocycles. The molecule has 0 saturated carbocycles. The van der Waals surface area contributed by atoms with Crippen molar-refractivity contribution in [2.75, 3.05) is 7.11 Å². The van der Waals surface area contributed by atoms with Crippen LogP contribution in [0.5, 0.6) is 0 Å². The first-order chi connectivity index (χ1) is 5.61. The Morgan fingerprint density at radius 3 is 2.92 bits per heavy atom. The molecule has 0 heterocycles. The van der Waals surface area contributed by atoms with Gasteiger partial charge in [-0.3, -0.25) is 4.79 Å². The van der Waals surface area contributed by atoms with E-state index in [1.165, 1.54) is 6.08 Å². The molecule has 1 N–H and O–H groups in total. The first kappa shape index (κ1) is 8.93. The van der Waals surface area contributed by atoms with E-state index in [4.69, 9.17) is 0 Å². The first-order valence-electron chi connectivity index (χ1n) is 3.63. The highest BCUT2D eigenvalue weighted by Gasteiger charge is 2.43. The maximum absolute atomic E-state index is 11.1. The third-order valence-electron chi connectivity index (χ3n) is 1.82. The van der Waals surface area contributed by atoms with E-state index in [0.717, 1.165) is 7.11 Å². The molecule has 0 bridgehead atoms. The molecule has 0 aromatic rings. The molecule has 1 aliphatic carbocycles. The van der Waals surface area contributed by atoms with Crippen LogP contribution < -0.4 is 0 Å². The van der Waals surface area contributed by atoms with Gasteiger partial charge in [0.15, 0.2) is 5.78 Å². The Morgan fingerprint density at radius 1 is 1.75 bits per heavy atom. The molecule has 4 nitrogen and oxygen atoms in total. The standard InChI is InChI=1S/C8H10O4/c1-12-7(10)8(11)5-3-2-4-6(8)9/h3,5,11H,2,4H2,1H3/t8-/m1/s1. The normalized spacial score (nSPS) is 28.7. The number of rotatable bonds is 1. The fourth-order valence-corrected chi connectivity index (χ4v) is 1.09. The molecule has 0 radical (unpaired) electrons. The molecule has 0 spiro atoms. The highest BCUT2D eigenvalue weighted by atomic mass is 16.5. The third-order valence-corrected chi connectivity index (χ3v) is 1.82. The number of methoxy groups -OCH3 is 1. The lowest BCUT2D eigenvalue weighted by Crippen LogP contribution is -2.46. The minimum absolute atomic E-state index is 0.183. The van der Waals surface area contributed by atoms with Gasteiger partial charge in [0.1, 0.15) is 0 Å². The quantitative estimate of drug-likeness (QED) is 0.336. The Bertz CT molecular complexity index is 243. The predicted octanol–water partition coefficient (Wildman–Crippen LogP) is -0.190. The summed E-state index contributed by atoms with van der Waals surface area (Å²) in [5.74, 6) is -1.42. The molecule has 0 amide bonds. The van der Waals surface area contributed by atoms with Crippen LogP contribution in [0.3, 0.4) is 0 Å². The smallest absolute Gasteiger partial charge is 0.349 e. The summed E-state index contributed by atoms with van der Waals surface area (Å²) in [6.07, 6.45) is 3.53. The van der Waals surface area contributed by atoms with Crippen LogP contribution in [0.2, 0.25) is 0 Å². The summed E-state index contributed by atoms with van der Waals surface area (Å²) in [4.78, 5) is 22.1.